The predicted octanol–water partition coefficient (Wildman–Crippen LogP) is 2.69. The van der Waals surface area contributed by atoms with E-state index in [1.54, 1.807) is 11.3 Å². The molecule has 1 saturated heterocycles. The van der Waals surface area contributed by atoms with Crippen LogP contribution in [0.1, 0.15) is 44.1 Å². The fourth-order valence-corrected chi connectivity index (χ4v) is 6.31. The molecule has 5 rings (SSSR count). The van der Waals surface area contributed by atoms with Crippen LogP contribution in [0.15, 0.2) is 30.3 Å². The number of fused-ring (bicyclic) bond motifs is 3. The van der Waals surface area contributed by atoms with E-state index < -0.39 is 0 Å². The molecule has 1 spiro atoms. The highest BCUT2D eigenvalue weighted by Gasteiger charge is 2.41. The lowest BCUT2D eigenvalue weighted by Crippen LogP contribution is -2.45. The molecule has 1 unspecified atom stereocenters. The summed E-state index contributed by atoms with van der Waals surface area (Å²) < 4.78 is 6.26. The standard InChI is InChI=1S/C23H29N3O2S/c1-26-15-18-5-3-2-4-16(18)12-19(26)14-25-22(27)20-13-17-6-11-28-23(21(17)29-20)7-9-24-10-8-23/h2-5,13,19,24H,6-12,14-15H2,1H3,(H,25,27). The van der Waals surface area contributed by atoms with Crippen molar-refractivity contribution >= 4 is 17.2 Å². The molecule has 29 heavy (non-hydrogen) atoms. The highest BCUT2D eigenvalue weighted by Crippen LogP contribution is 2.44. The molecule has 3 aliphatic rings. The van der Waals surface area contributed by atoms with Gasteiger partial charge in [-0.3, -0.25) is 9.69 Å². The zero-order chi connectivity index (χ0) is 19.8. The van der Waals surface area contributed by atoms with Crippen LogP contribution >= 0.6 is 11.3 Å². The van der Waals surface area contributed by atoms with E-state index in [-0.39, 0.29) is 11.5 Å². The molecule has 0 saturated carbocycles. The molecule has 5 nitrogen and oxygen atoms in total. The van der Waals surface area contributed by atoms with Gasteiger partial charge in [-0.15, -0.1) is 11.3 Å². The van der Waals surface area contributed by atoms with Gasteiger partial charge >= 0.3 is 0 Å². The summed E-state index contributed by atoms with van der Waals surface area (Å²) in [6, 6.07) is 11.1. The van der Waals surface area contributed by atoms with Crippen LogP contribution in [0.4, 0.5) is 0 Å². The maximum absolute atomic E-state index is 13.0. The van der Waals surface area contributed by atoms with E-state index in [9.17, 15) is 4.79 Å². The number of nitrogens with zero attached hydrogens (tertiary/aromatic N) is 1. The molecule has 154 valence electrons. The van der Waals surface area contributed by atoms with Crippen LogP contribution in [0, 0.1) is 0 Å². The van der Waals surface area contributed by atoms with Gasteiger partial charge in [0, 0.05) is 24.0 Å². The number of carbonyl (C=O) groups is 1. The minimum absolute atomic E-state index is 0.0562. The van der Waals surface area contributed by atoms with E-state index >= 15 is 0 Å². The van der Waals surface area contributed by atoms with Gasteiger partial charge < -0.3 is 15.4 Å². The van der Waals surface area contributed by atoms with Gasteiger partial charge in [0.25, 0.3) is 5.91 Å². The van der Waals surface area contributed by atoms with Gasteiger partial charge in [-0.25, -0.2) is 0 Å². The van der Waals surface area contributed by atoms with Crippen LogP contribution in [0.25, 0.3) is 0 Å². The highest BCUT2D eigenvalue weighted by molar-refractivity contribution is 7.14. The number of hydrogen-bond donors (Lipinski definition) is 2. The minimum atomic E-state index is -0.171. The first-order valence-corrected chi connectivity index (χ1v) is 11.5. The third-order valence-corrected chi connectivity index (χ3v) is 8.08. The first kappa shape index (κ1) is 19.2. The summed E-state index contributed by atoms with van der Waals surface area (Å²) in [5.41, 5.74) is 3.95. The lowest BCUT2D eigenvalue weighted by Gasteiger charge is -2.40. The van der Waals surface area contributed by atoms with Crippen molar-refractivity contribution in [2.75, 3.05) is 33.3 Å². The molecular formula is C23H29N3O2S. The largest absolute Gasteiger partial charge is 0.369 e. The second-order valence-corrected chi connectivity index (χ2v) is 9.61. The highest BCUT2D eigenvalue weighted by atomic mass is 32.1. The Bertz CT molecular complexity index is 903. The number of ether oxygens (including phenoxy) is 1. The maximum atomic E-state index is 13.0. The van der Waals surface area contributed by atoms with Gasteiger partial charge in [0.15, 0.2) is 0 Å². The first-order valence-electron chi connectivity index (χ1n) is 10.7. The number of benzene rings is 1. The molecule has 3 aliphatic heterocycles. The Labute approximate surface area is 176 Å². The van der Waals surface area contributed by atoms with Crippen molar-refractivity contribution in [2.24, 2.45) is 0 Å². The van der Waals surface area contributed by atoms with Gasteiger partial charge in [-0.2, -0.15) is 0 Å². The summed E-state index contributed by atoms with van der Waals surface area (Å²) >= 11 is 1.65. The quantitative estimate of drug-likeness (QED) is 0.816. The molecule has 1 atom stereocenters. The molecular weight excluding hydrogens is 382 g/mol. The number of carbonyl (C=O) groups excluding carboxylic acids is 1. The zero-order valence-electron chi connectivity index (χ0n) is 17.0. The number of thiophene rings is 1. The number of rotatable bonds is 3. The van der Waals surface area contributed by atoms with Crippen LogP contribution in [0.2, 0.25) is 0 Å². The van der Waals surface area contributed by atoms with E-state index in [0.717, 1.165) is 56.8 Å². The summed E-state index contributed by atoms with van der Waals surface area (Å²) in [5.74, 6) is 0.0562. The van der Waals surface area contributed by atoms with Crippen LogP contribution in [0.3, 0.4) is 0 Å². The van der Waals surface area contributed by atoms with E-state index in [0.29, 0.717) is 12.6 Å². The average molecular weight is 412 g/mol. The average Bonchev–Trinajstić information content (AvgIpc) is 3.19. The summed E-state index contributed by atoms with van der Waals surface area (Å²) in [4.78, 5) is 17.4. The molecule has 1 aromatic carbocycles. The van der Waals surface area contributed by atoms with Crippen LogP contribution in [0.5, 0.6) is 0 Å². The molecule has 4 heterocycles. The molecule has 1 amide bonds. The van der Waals surface area contributed by atoms with Gasteiger partial charge in [-0.05, 0) is 68.6 Å². The van der Waals surface area contributed by atoms with Crippen molar-refractivity contribution in [3.05, 3.63) is 56.8 Å². The SMILES string of the molecule is CN1Cc2ccccc2CC1CNC(=O)c1cc2c(s1)C1(CCNCC1)OCC2. The third-order valence-electron chi connectivity index (χ3n) is 6.72. The smallest absolute Gasteiger partial charge is 0.261 e. The van der Waals surface area contributed by atoms with Gasteiger partial charge in [0.1, 0.15) is 5.60 Å². The summed E-state index contributed by atoms with van der Waals surface area (Å²) in [6.45, 7) is 4.34. The Morgan fingerprint density at radius 3 is 2.90 bits per heavy atom. The van der Waals surface area contributed by atoms with E-state index in [4.69, 9.17) is 4.74 Å². The number of hydrogen-bond acceptors (Lipinski definition) is 5. The molecule has 2 aromatic rings. The molecule has 0 radical (unpaired) electrons. The summed E-state index contributed by atoms with van der Waals surface area (Å²) in [6.07, 6.45) is 3.88. The summed E-state index contributed by atoms with van der Waals surface area (Å²) in [5, 5.41) is 6.63. The molecule has 1 fully saturated rings. The van der Waals surface area contributed by atoms with Gasteiger partial charge in [0.2, 0.25) is 0 Å². The molecule has 2 N–H and O–H groups in total. The number of nitrogens with one attached hydrogen (secondary N) is 2. The van der Waals surface area contributed by atoms with Gasteiger partial charge in [-0.1, -0.05) is 24.3 Å². The molecule has 0 bridgehead atoms. The van der Waals surface area contributed by atoms with Crippen molar-refractivity contribution in [1.29, 1.82) is 0 Å². The zero-order valence-corrected chi connectivity index (χ0v) is 17.8. The van der Waals surface area contributed by atoms with Crippen LogP contribution in [-0.4, -0.2) is 50.1 Å². The fraction of sp³-hybridized carbons (Fsp3) is 0.522. The second-order valence-electron chi connectivity index (χ2n) is 8.56. The van der Waals surface area contributed by atoms with Crippen LogP contribution in [-0.2, 0) is 29.7 Å². The van der Waals surface area contributed by atoms with Gasteiger partial charge in [0.05, 0.1) is 11.5 Å². The van der Waals surface area contributed by atoms with E-state index in [1.807, 2.05) is 0 Å². The van der Waals surface area contributed by atoms with Crippen molar-refractivity contribution < 1.29 is 9.53 Å². The van der Waals surface area contributed by atoms with Crippen molar-refractivity contribution in [3.63, 3.8) is 0 Å². The number of piperidine rings is 1. The van der Waals surface area contributed by atoms with Crippen molar-refractivity contribution in [3.8, 4) is 0 Å². The van der Waals surface area contributed by atoms with E-state index in [2.05, 4.69) is 52.9 Å². The molecule has 0 aliphatic carbocycles. The monoisotopic (exact) mass is 411 g/mol. The lowest BCUT2D eigenvalue weighted by molar-refractivity contribution is -0.0771. The Balaban J connectivity index is 1.28. The van der Waals surface area contributed by atoms with Crippen LogP contribution < -0.4 is 10.6 Å². The predicted molar refractivity (Wildman–Crippen MR) is 115 cm³/mol. The van der Waals surface area contributed by atoms with E-state index in [1.165, 1.54) is 21.6 Å². The third kappa shape index (κ3) is 3.63. The Hall–Kier alpha value is -1.73. The Morgan fingerprint density at radius 2 is 2.07 bits per heavy atom. The molecule has 1 aromatic heterocycles. The Kier molecular flexibility index (Phi) is 5.20. The number of likely N-dealkylation sites (N-methyl/N-ethyl adjacent to an activating group) is 1. The second kappa shape index (κ2) is 7.84. The topological polar surface area (TPSA) is 53.6 Å². The Morgan fingerprint density at radius 1 is 1.28 bits per heavy atom. The lowest BCUT2D eigenvalue weighted by atomic mass is 9.86. The van der Waals surface area contributed by atoms with Crippen molar-refractivity contribution in [1.82, 2.24) is 15.5 Å². The minimum Gasteiger partial charge on any atom is -0.369 e. The number of amides is 1. The fourth-order valence-electron chi connectivity index (χ4n) is 4.98. The van der Waals surface area contributed by atoms with Crippen molar-refractivity contribution in [2.45, 2.75) is 43.9 Å². The first-order chi connectivity index (χ1) is 14.1. The molecule has 6 heteroatoms. The summed E-state index contributed by atoms with van der Waals surface area (Å²) in [7, 11) is 2.15. The normalized spacial score (nSPS) is 23.4. The maximum Gasteiger partial charge on any atom is 0.261 e.